The van der Waals surface area contributed by atoms with Crippen LogP contribution in [-0.4, -0.2) is 118 Å². The third-order valence-corrected chi connectivity index (χ3v) is 4.63. The first-order chi connectivity index (χ1) is 12.7. The quantitative estimate of drug-likeness (QED) is 0.228. The lowest BCUT2D eigenvalue weighted by atomic mass is 9.95. The molecule has 0 aromatic rings. The highest BCUT2D eigenvalue weighted by Crippen LogP contribution is 2.29. The second kappa shape index (κ2) is 9.52. The van der Waals surface area contributed by atoms with E-state index in [0.29, 0.717) is 0 Å². The van der Waals surface area contributed by atoms with Crippen LogP contribution >= 0.6 is 0 Å². The van der Waals surface area contributed by atoms with E-state index in [0.717, 1.165) is 0 Å². The van der Waals surface area contributed by atoms with Crippen molar-refractivity contribution in [2.45, 2.75) is 68.3 Å². The van der Waals surface area contributed by atoms with Crippen LogP contribution < -0.4 is 5.32 Å². The number of carbonyl (C=O) groups excluding carboxylic acids is 1. The van der Waals surface area contributed by atoms with Crippen molar-refractivity contribution >= 4 is 5.91 Å². The lowest BCUT2D eigenvalue weighted by Crippen LogP contribution is -2.67. The van der Waals surface area contributed by atoms with E-state index in [1.807, 2.05) is 0 Å². The molecule has 12 heteroatoms. The first-order valence-electron chi connectivity index (χ1n) is 8.45. The molecule has 0 aliphatic carbocycles. The fourth-order valence-electron chi connectivity index (χ4n) is 3.21. The second-order valence-electron chi connectivity index (χ2n) is 6.47. The smallest absolute Gasteiger partial charge is 0.217 e. The predicted molar refractivity (Wildman–Crippen MR) is 85.0 cm³/mol. The van der Waals surface area contributed by atoms with Crippen molar-refractivity contribution in [2.75, 3.05) is 20.3 Å². The Bertz CT molecular complexity index is 494. The van der Waals surface area contributed by atoms with Crippen molar-refractivity contribution in [1.29, 1.82) is 0 Å². The minimum Gasteiger partial charge on any atom is -0.394 e. The van der Waals surface area contributed by atoms with E-state index in [4.69, 9.17) is 18.9 Å². The Kier molecular flexibility index (Phi) is 7.88. The zero-order chi connectivity index (χ0) is 20.3. The van der Waals surface area contributed by atoms with Crippen LogP contribution in [0.25, 0.3) is 0 Å². The number of amides is 1. The maximum atomic E-state index is 11.3. The molecule has 158 valence electrons. The highest BCUT2D eigenvalue weighted by molar-refractivity contribution is 5.73. The van der Waals surface area contributed by atoms with Gasteiger partial charge in [-0.05, 0) is 0 Å². The van der Waals surface area contributed by atoms with Crippen molar-refractivity contribution in [3.05, 3.63) is 0 Å². The van der Waals surface area contributed by atoms with E-state index in [1.165, 1.54) is 14.0 Å². The summed E-state index contributed by atoms with van der Waals surface area (Å²) in [6, 6.07) is -1.25. The van der Waals surface area contributed by atoms with Crippen LogP contribution in [-0.2, 0) is 23.7 Å². The van der Waals surface area contributed by atoms with Crippen LogP contribution in [0.4, 0.5) is 0 Å². The van der Waals surface area contributed by atoms with Crippen molar-refractivity contribution in [2.24, 2.45) is 0 Å². The number of ether oxygens (including phenoxy) is 4. The number of nitrogens with one attached hydrogen (secondary N) is 1. The first kappa shape index (κ1) is 22.4. The third kappa shape index (κ3) is 4.74. The molecule has 2 aliphatic rings. The zero-order valence-electron chi connectivity index (χ0n) is 14.9. The van der Waals surface area contributed by atoms with Gasteiger partial charge in [0.25, 0.3) is 0 Å². The molecule has 0 saturated carbocycles. The maximum Gasteiger partial charge on any atom is 0.217 e. The van der Waals surface area contributed by atoms with Gasteiger partial charge in [-0.15, -0.1) is 0 Å². The number of hydrogen-bond donors (Lipinski definition) is 7. The molecular formula is C15H27NO11. The summed E-state index contributed by atoms with van der Waals surface area (Å²) in [5.74, 6) is -0.537. The van der Waals surface area contributed by atoms with E-state index in [9.17, 15) is 35.4 Å². The first-order valence-corrected chi connectivity index (χ1v) is 8.45. The van der Waals surface area contributed by atoms with Gasteiger partial charge in [-0.25, -0.2) is 0 Å². The van der Waals surface area contributed by atoms with E-state index >= 15 is 0 Å². The summed E-state index contributed by atoms with van der Waals surface area (Å²) in [6.07, 6.45) is -12.2. The molecule has 10 atom stereocenters. The van der Waals surface area contributed by atoms with Crippen LogP contribution in [0.1, 0.15) is 6.92 Å². The lowest BCUT2D eigenvalue weighted by molar-refractivity contribution is -0.347. The number of rotatable bonds is 6. The van der Waals surface area contributed by atoms with Gasteiger partial charge in [-0.2, -0.15) is 0 Å². The number of hydrogen-bond acceptors (Lipinski definition) is 11. The molecule has 0 aromatic carbocycles. The predicted octanol–water partition coefficient (Wildman–Crippen LogP) is -4.60. The Labute approximate surface area is 155 Å². The van der Waals surface area contributed by atoms with Gasteiger partial charge < -0.3 is 54.9 Å². The van der Waals surface area contributed by atoms with Crippen LogP contribution in [0.15, 0.2) is 0 Å². The molecule has 1 amide bonds. The van der Waals surface area contributed by atoms with Gasteiger partial charge in [0.1, 0.15) is 48.8 Å². The van der Waals surface area contributed by atoms with Gasteiger partial charge in [-0.1, -0.05) is 0 Å². The fraction of sp³-hybridized carbons (Fsp3) is 0.933. The van der Waals surface area contributed by atoms with Gasteiger partial charge in [0.05, 0.1) is 13.2 Å². The Morgan fingerprint density at radius 3 is 2.11 bits per heavy atom. The van der Waals surface area contributed by atoms with Gasteiger partial charge in [0, 0.05) is 14.0 Å². The molecule has 2 rings (SSSR count). The Hall–Kier alpha value is -0.930. The molecule has 0 spiro atoms. The molecule has 27 heavy (non-hydrogen) atoms. The molecule has 0 radical (unpaired) electrons. The number of methoxy groups -OCH3 is 1. The van der Waals surface area contributed by atoms with Gasteiger partial charge in [0.2, 0.25) is 5.91 Å². The van der Waals surface area contributed by atoms with Gasteiger partial charge in [-0.3, -0.25) is 4.79 Å². The van der Waals surface area contributed by atoms with E-state index < -0.39 is 80.5 Å². The molecule has 2 heterocycles. The average molecular weight is 397 g/mol. The summed E-state index contributed by atoms with van der Waals surface area (Å²) >= 11 is 0. The molecule has 2 saturated heterocycles. The van der Waals surface area contributed by atoms with E-state index in [1.54, 1.807) is 0 Å². The van der Waals surface area contributed by atoms with Gasteiger partial charge in [0.15, 0.2) is 12.6 Å². The molecule has 0 bridgehead atoms. The molecule has 0 unspecified atom stereocenters. The molecular weight excluding hydrogens is 370 g/mol. The third-order valence-electron chi connectivity index (χ3n) is 4.63. The average Bonchev–Trinajstić information content (AvgIpc) is 2.63. The summed E-state index contributed by atoms with van der Waals surface area (Å²) in [6.45, 7) is -0.0678. The second-order valence-corrected chi connectivity index (χ2v) is 6.47. The van der Waals surface area contributed by atoms with Crippen molar-refractivity contribution in [1.82, 2.24) is 5.32 Å². The van der Waals surface area contributed by atoms with Crippen LogP contribution in [0.3, 0.4) is 0 Å². The van der Waals surface area contributed by atoms with Gasteiger partial charge >= 0.3 is 0 Å². The van der Waals surface area contributed by atoms with Crippen LogP contribution in [0, 0.1) is 0 Å². The topological polar surface area (TPSA) is 187 Å². The van der Waals surface area contributed by atoms with E-state index in [2.05, 4.69) is 5.32 Å². The summed E-state index contributed by atoms with van der Waals surface area (Å²) < 4.78 is 21.3. The largest absolute Gasteiger partial charge is 0.394 e. The highest BCUT2D eigenvalue weighted by atomic mass is 16.7. The van der Waals surface area contributed by atoms with Crippen LogP contribution in [0.2, 0.25) is 0 Å². The Morgan fingerprint density at radius 2 is 1.59 bits per heavy atom. The maximum absolute atomic E-state index is 11.3. The summed E-state index contributed by atoms with van der Waals surface area (Å²) in [5, 5.41) is 61.7. The fourth-order valence-corrected chi connectivity index (χ4v) is 3.21. The molecule has 12 nitrogen and oxygen atoms in total. The van der Waals surface area contributed by atoms with E-state index in [-0.39, 0.29) is 0 Å². The number of carbonyl (C=O) groups is 1. The summed E-state index contributed by atoms with van der Waals surface area (Å²) in [5.41, 5.74) is 0. The SMILES string of the molecule is CO[C@H]1[C@H](O[C@H]2[C@H](O)[C@@H](NC(C)=O)[C@@H](O)O[C@@H]2CO)O[C@H](CO)[C@H](O)[C@@H]1O. The van der Waals surface area contributed by atoms with Crippen LogP contribution in [0.5, 0.6) is 0 Å². The lowest BCUT2D eigenvalue weighted by Gasteiger charge is -2.46. The molecule has 0 aromatic heterocycles. The number of aliphatic hydroxyl groups is 6. The van der Waals surface area contributed by atoms with Crippen molar-refractivity contribution < 1.29 is 54.4 Å². The summed E-state index contributed by atoms with van der Waals surface area (Å²) in [7, 11) is 1.24. The van der Waals surface area contributed by atoms with Crippen molar-refractivity contribution in [3.8, 4) is 0 Å². The minimum absolute atomic E-state index is 0.537. The molecule has 2 fully saturated rings. The zero-order valence-corrected chi connectivity index (χ0v) is 14.9. The number of aliphatic hydroxyl groups excluding tert-OH is 6. The standard InChI is InChI=1S/C15H27NO11/c1-5(19)16-8-10(21)12(7(4-18)25-14(8)23)27-15-13(24-2)11(22)9(20)6(3-17)26-15/h6-15,17-18,20-23H,3-4H2,1-2H3,(H,16,19)/t6-,7-,8-,9+,10-,11+,12-,13-,14+,15+/m1/s1. The Balaban J connectivity index is 2.21. The minimum atomic E-state index is -1.59. The molecule has 7 N–H and O–H groups in total. The highest BCUT2D eigenvalue weighted by Gasteiger charge is 2.51. The molecule has 2 aliphatic heterocycles. The Morgan fingerprint density at radius 1 is 0.963 bits per heavy atom. The normalized spacial score (nSPS) is 45.5. The van der Waals surface area contributed by atoms with Crippen molar-refractivity contribution in [3.63, 3.8) is 0 Å². The monoisotopic (exact) mass is 397 g/mol. The summed E-state index contributed by atoms with van der Waals surface area (Å²) in [4.78, 5) is 11.3.